The second kappa shape index (κ2) is 7.22. The van der Waals surface area contributed by atoms with Gasteiger partial charge in [-0.25, -0.2) is 0 Å². The Labute approximate surface area is 116 Å². The van der Waals surface area contributed by atoms with Gasteiger partial charge in [-0.1, -0.05) is 0 Å². The van der Waals surface area contributed by atoms with Crippen LogP contribution in [0.15, 0.2) is 0 Å². The number of ether oxygens (including phenoxy) is 1. The third-order valence-electron chi connectivity index (χ3n) is 4.08. The number of amides is 1. The number of methoxy groups -OCH3 is 1. The van der Waals surface area contributed by atoms with Crippen LogP contribution in [0.2, 0.25) is 0 Å². The lowest BCUT2D eigenvalue weighted by atomic mass is 10.1. The number of nitrogens with two attached hydrogens (primary N) is 1. The van der Waals surface area contributed by atoms with Gasteiger partial charge in [-0.05, 0) is 31.6 Å². The molecule has 19 heavy (non-hydrogen) atoms. The molecule has 0 aromatic heterocycles. The van der Waals surface area contributed by atoms with E-state index in [9.17, 15) is 4.79 Å². The van der Waals surface area contributed by atoms with Crippen molar-refractivity contribution in [2.45, 2.75) is 31.7 Å². The summed E-state index contributed by atoms with van der Waals surface area (Å²) >= 11 is 0. The van der Waals surface area contributed by atoms with Gasteiger partial charge in [0, 0.05) is 46.4 Å². The van der Waals surface area contributed by atoms with Gasteiger partial charge >= 0.3 is 0 Å². The van der Waals surface area contributed by atoms with Gasteiger partial charge in [0.05, 0.1) is 6.04 Å². The zero-order chi connectivity index (χ0) is 13.7. The fraction of sp³-hybridized carbons (Fsp3) is 0.929. The number of piperazine rings is 1. The van der Waals surface area contributed by atoms with Crippen LogP contribution in [0.1, 0.15) is 25.7 Å². The molecular weight excluding hydrogens is 242 g/mol. The summed E-state index contributed by atoms with van der Waals surface area (Å²) in [6.45, 7) is 5.59. The molecule has 1 saturated heterocycles. The standard InChI is InChI=1S/C14H27N3O2/c1-19-10-2-3-13(15)14(18)17-8-6-16(7-9-17)11-12-4-5-12/h12-13H,2-11,15H2,1H3. The highest BCUT2D eigenvalue weighted by molar-refractivity contribution is 5.81. The number of hydrogen-bond acceptors (Lipinski definition) is 4. The Kier molecular flexibility index (Phi) is 5.60. The predicted octanol–water partition coefficient (Wildman–Crippen LogP) is 0.295. The summed E-state index contributed by atoms with van der Waals surface area (Å²) in [6, 6.07) is -0.356. The maximum Gasteiger partial charge on any atom is 0.239 e. The van der Waals surface area contributed by atoms with Crippen molar-refractivity contribution in [1.29, 1.82) is 0 Å². The molecule has 5 nitrogen and oxygen atoms in total. The summed E-state index contributed by atoms with van der Waals surface area (Å²) in [6.07, 6.45) is 4.35. The van der Waals surface area contributed by atoms with Crippen LogP contribution in [0.25, 0.3) is 0 Å². The lowest BCUT2D eigenvalue weighted by Crippen LogP contribution is -2.53. The zero-order valence-corrected chi connectivity index (χ0v) is 12.0. The molecule has 0 aromatic carbocycles. The minimum atomic E-state index is -0.356. The number of nitrogens with zero attached hydrogens (tertiary/aromatic N) is 2. The van der Waals surface area contributed by atoms with Crippen LogP contribution in [-0.4, -0.2) is 68.2 Å². The van der Waals surface area contributed by atoms with E-state index in [2.05, 4.69) is 4.90 Å². The third-order valence-corrected chi connectivity index (χ3v) is 4.08. The van der Waals surface area contributed by atoms with Crippen LogP contribution in [0.4, 0.5) is 0 Å². The Morgan fingerprint density at radius 1 is 1.32 bits per heavy atom. The smallest absolute Gasteiger partial charge is 0.239 e. The normalized spacial score (nSPS) is 22.5. The summed E-state index contributed by atoms with van der Waals surface area (Å²) in [5.74, 6) is 1.04. The number of hydrogen-bond donors (Lipinski definition) is 1. The van der Waals surface area contributed by atoms with Crippen molar-refractivity contribution < 1.29 is 9.53 Å². The Morgan fingerprint density at radius 2 is 2.00 bits per heavy atom. The van der Waals surface area contributed by atoms with Crippen molar-refractivity contribution in [3.63, 3.8) is 0 Å². The maximum absolute atomic E-state index is 12.2. The fourth-order valence-corrected chi connectivity index (χ4v) is 2.62. The van der Waals surface area contributed by atoms with Crippen molar-refractivity contribution in [2.24, 2.45) is 11.7 Å². The van der Waals surface area contributed by atoms with Gasteiger partial charge in [-0.2, -0.15) is 0 Å². The molecule has 1 aliphatic carbocycles. The van der Waals surface area contributed by atoms with Crippen LogP contribution < -0.4 is 5.73 Å². The van der Waals surface area contributed by atoms with Crippen molar-refractivity contribution >= 4 is 5.91 Å². The fourth-order valence-electron chi connectivity index (χ4n) is 2.62. The molecular formula is C14H27N3O2. The van der Waals surface area contributed by atoms with Crippen molar-refractivity contribution in [1.82, 2.24) is 9.80 Å². The Balaban J connectivity index is 1.65. The minimum Gasteiger partial charge on any atom is -0.385 e. The molecule has 0 bridgehead atoms. The van der Waals surface area contributed by atoms with Gasteiger partial charge in [0.2, 0.25) is 5.91 Å². The van der Waals surface area contributed by atoms with E-state index in [1.807, 2.05) is 4.90 Å². The van der Waals surface area contributed by atoms with Crippen LogP contribution in [0.5, 0.6) is 0 Å². The van der Waals surface area contributed by atoms with Crippen LogP contribution in [0.3, 0.4) is 0 Å². The first-order valence-corrected chi connectivity index (χ1v) is 7.46. The Bertz CT molecular complexity index is 286. The highest BCUT2D eigenvalue weighted by Gasteiger charge is 2.28. The van der Waals surface area contributed by atoms with Gasteiger partial charge in [-0.15, -0.1) is 0 Å². The third kappa shape index (κ3) is 4.75. The first-order chi connectivity index (χ1) is 9.20. The largest absolute Gasteiger partial charge is 0.385 e. The Hall–Kier alpha value is -0.650. The van der Waals surface area contributed by atoms with Gasteiger partial charge in [0.1, 0.15) is 0 Å². The summed E-state index contributed by atoms with van der Waals surface area (Å²) < 4.78 is 4.99. The van der Waals surface area contributed by atoms with Gasteiger partial charge in [0.25, 0.3) is 0 Å². The van der Waals surface area contributed by atoms with E-state index < -0.39 is 0 Å². The van der Waals surface area contributed by atoms with Crippen LogP contribution in [-0.2, 0) is 9.53 Å². The number of carbonyl (C=O) groups excluding carboxylic acids is 1. The molecule has 1 atom stereocenters. The van der Waals surface area contributed by atoms with E-state index >= 15 is 0 Å². The van der Waals surface area contributed by atoms with Crippen molar-refractivity contribution in [2.75, 3.05) is 46.4 Å². The molecule has 1 aliphatic heterocycles. The van der Waals surface area contributed by atoms with E-state index in [0.29, 0.717) is 6.61 Å². The molecule has 2 N–H and O–H groups in total. The van der Waals surface area contributed by atoms with Crippen LogP contribution in [0, 0.1) is 5.92 Å². The molecule has 1 unspecified atom stereocenters. The molecule has 1 saturated carbocycles. The van der Waals surface area contributed by atoms with Crippen LogP contribution >= 0.6 is 0 Å². The van der Waals surface area contributed by atoms with E-state index in [-0.39, 0.29) is 11.9 Å². The molecule has 5 heteroatoms. The second-order valence-electron chi connectivity index (χ2n) is 5.81. The second-order valence-corrected chi connectivity index (χ2v) is 5.81. The number of carbonyl (C=O) groups is 1. The first kappa shape index (κ1) is 14.8. The molecule has 0 aromatic rings. The van der Waals surface area contributed by atoms with Gasteiger partial charge in [-0.3, -0.25) is 9.69 Å². The lowest BCUT2D eigenvalue weighted by molar-refractivity contribution is -0.134. The first-order valence-electron chi connectivity index (χ1n) is 7.46. The number of rotatable bonds is 7. The lowest BCUT2D eigenvalue weighted by Gasteiger charge is -2.36. The van der Waals surface area contributed by atoms with Gasteiger partial charge in [0.15, 0.2) is 0 Å². The molecule has 0 spiro atoms. The van der Waals surface area contributed by atoms with Crippen molar-refractivity contribution in [3.05, 3.63) is 0 Å². The molecule has 110 valence electrons. The van der Waals surface area contributed by atoms with Gasteiger partial charge < -0.3 is 15.4 Å². The van der Waals surface area contributed by atoms with E-state index in [1.54, 1.807) is 7.11 Å². The summed E-state index contributed by atoms with van der Waals surface area (Å²) in [5, 5.41) is 0. The quantitative estimate of drug-likeness (QED) is 0.675. The molecule has 0 radical (unpaired) electrons. The van der Waals surface area contributed by atoms with E-state index in [1.165, 1.54) is 19.4 Å². The van der Waals surface area contributed by atoms with E-state index in [0.717, 1.165) is 44.9 Å². The average Bonchev–Trinajstić information content (AvgIpc) is 3.23. The molecule has 1 amide bonds. The molecule has 2 rings (SSSR count). The van der Waals surface area contributed by atoms with Crippen molar-refractivity contribution in [3.8, 4) is 0 Å². The minimum absolute atomic E-state index is 0.113. The highest BCUT2D eigenvalue weighted by Crippen LogP contribution is 2.29. The molecule has 1 heterocycles. The monoisotopic (exact) mass is 269 g/mol. The van der Waals surface area contributed by atoms with E-state index in [4.69, 9.17) is 10.5 Å². The highest BCUT2D eigenvalue weighted by atomic mass is 16.5. The topological polar surface area (TPSA) is 58.8 Å². The SMILES string of the molecule is COCCCC(N)C(=O)N1CCN(CC2CC2)CC1. The maximum atomic E-state index is 12.2. The summed E-state index contributed by atoms with van der Waals surface area (Å²) in [5.41, 5.74) is 5.95. The average molecular weight is 269 g/mol. The predicted molar refractivity (Wildman–Crippen MR) is 74.8 cm³/mol. The summed E-state index contributed by atoms with van der Waals surface area (Å²) in [7, 11) is 1.67. The Morgan fingerprint density at radius 3 is 2.58 bits per heavy atom. The molecule has 2 fully saturated rings. The molecule has 2 aliphatic rings. The summed E-state index contributed by atoms with van der Waals surface area (Å²) in [4.78, 5) is 16.6. The zero-order valence-electron chi connectivity index (χ0n) is 12.0.